The molecule has 1 unspecified atom stereocenters. The van der Waals surface area contributed by atoms with Gasteiger partial charge in [0.2, 0.25) is 0 Å². The molecule has 3 heterocycles. The summed E-state index contributed by atoms with van der Waals surface area (Å²) < 4.78 is 24.0. The van der Waals surface area contributed by atoms with Crippen molar-refractivity contribution >= 4 is 16.9 Å². The van der Waals surface area contributed by atoms with Crippen molar-refractivity contribution in [2.75, 3.05) is 18.5 Å². The summed E-state index contributed by atoms with van der Waals surface area (Å²) in [5, 5.41) is 8.04. The van der Waals surface area contributed by atoms with Gasteiger partial charge in [0.1, 0.15) is 29.0 Å². The summed E-state index contributed by atoms with van der Waals surface area (Å²) in [6.45, 7) is 1.47. The van der Waals surface area contributed by atoms with Crippen LogP contribution in [0.2, 0.25) is 0 Å². The molecule has 6 nitrogen and oxygen atoms in total. The first-order valence-corrected chi connectivity index (χ1v) is 7.53. The van der Waals surface area contributed by atoms with E-state index in [-0.39, 0.29) is 11.9 Å². The average molecular weight is 314 g/mol. The van der Waals surface area contributed by atoms with E-state index in [4.69, 9.17) is 9.26 Å². The van der Waals surface area contributed by atoms with E-state index in [0.29, 0.717) is 29.2 Å². The molecule has 2 aromatic heterocycles. The van der Waals surface area contributed by atoms with Gasteiger partial charge in [-0.25, -0.2) is 9.37 Å². The topological polar surface area (TPSA) is 73.1 Å². The lowest BCUT2D eigenvalue weighted by atomic mass is 10.1. The molecule has 1 N–H and O–H groups in total. The van der Waals surface area contributed by atoms with Crippen LogP contribution in [-0.2, 0) is 4.74 Å². The Morgan fingerprint density at radius 3 is 2.87 bits per heavy atom. The molecule has 1 aliphatic rings. The average Bonchev–Trinajstić information content (AvgIpc) is 3.23. The molecular formula is C16H15FN4O2. The van der Waals surface area contributed by atoms with Crippen molar-refractivity contribution in [1.82, 2.24) is 15.1 Å². The Labute approximate surface area is 131 Å². The number of fused-ring (bicyclic) bond motifs is 1. The van der Waals surface area contributed by atoms with Gasteiger partial charge in [0.25, 0.3) is 5.71 Å². The molecule has 7 heteroatoms. The minimum atomic E-state index is -0.297. The van der Waals surface area contributed by atoms with Gasteiger partial charge in [0, 0.05) is 18.7 Å². The number of anilines is 1. The van der Waals surface area contributed by atoms with E-state index >= 15 is 0 Å². The van der Waals surface area contributed by atoms with E-state index < -0.39 is 0 Å². The summed E-state index contributed by atoms with van der Waals surface area (Å²) in [6, 6.07) is 6.09. The number of rotatable bonds is 4. The largest absolute Gasteiger partial charge is 0.376 e. The Kier molecular flexibility index (Phi) is 3.63. The van der Waals surface area contributed by atoms with Crippen molar-refractivity contribution in [3.8, 4) is 11.3 Å². The van der Waals surface area contributed by atoms with Gasteiger partial charge in [-0.05, 0) is 37.1 Å². The molecule has 23 heavy (non-hydrogen) atoms. The molecule has 1 atom stereocenters. The SMILES string of the molecule is Fc1ccc(-c2noc3ncnc(NCC4CCCO4)c23)cc1. The van der Waals surface area contributed by atoms with Gasteiger partial charge in [0.05, 0.1) is 6.10 Å². The number of hydrogen-bond donors (Lipinski definition) is 1. The van der Waals surface area contributed by atoms with E-state index in [0.717, 1.165) is 25.0 Å². The minimum absolute atomic E-state index is 0.189. The first kappa shape index (κ1) is 14.1. The third kappa shape index (κ3) is 2.75. The summed E-state index contributed by atoms with van der Waals surface area (Å²) in [5.41, 5.74) is 1.74. The van der Waals surface area contributed by atoms with E-state index in [9.17, 15) is 4.39 Å². The molecule has 118 valence electrons. The molecule has 0 radical (unpaired) electrons. The Morgan fingerprint density at radius 1 is 1.22 bits per heavy atom. The van der Waals surface area contributed by atoms with E-state index in [1.54, 1.807) is 12.1 Å². The number of aromatic nitrogens is 3. The maximum atomic E-state index is 13.1. The van der Waals surface area contributed by atoms with E-state index in [1.807, 2.05) is 0 Å². The van der Waals surface area contributed by atoms with Gasteiger partial charge in [0.15, 0.2) is 0 Å². The van der Waals surface area contributed by atoms with Gasteiger partial charge < -0.3 is 14.6 Å². The van der Waals surface area contributed by atoms with Crippen LogP contribution in [0.1, 0.15) is 12.8 Å². The van der Waals surface area contributed by atoms with Crippen LogP contribution >= 0.6 is 0 Å². The lowest BCUT2D eigenvalue weighted by molar-refractivity contribution is 0.120. The molecule has 1 aromatic carbocycles. The quantitative estimate of drug-likeness (QED) is 0.798. The normalized spacial score (nSPS) is 17.7. The molecule has 1 fully saturated rings. The van der Waals surface area contributed by atoms with Crippen LogP contribution in [0, 0.1) is 5.82 Å². The lowest BCUT2D eigenvalue weighted by Crippen LogP contribution is -2.19. The highest BCUT2D eigenvalue weighted by atomic mass is 19.1. The van der Waals surface area contributed by atoms with E-state index in [1.165, 1.54) is 18.5 Å². The molecule has 1 saturated heterocycles. The molecule has 3 aromatic rings. The second kappa shape index (κ2) is 5.92. The van der Waals surface area contributed by atoms with Gasteiger partial charge in [-0.2, -0.15) is 4.98 Å². The first-order chi connectivity index (χ1) is 11.3. The smallest absolute Gasteiger partial charge is 0.263 e. The number of ether oxygens (including phenoxy) is 1. The van der Waals surface area contributed by atoms with Gasteiger partial charge in [-0.15, -0.1) is 0 Å². The number of halogens is 1. The maximum absolute atomic E-state index is 13.1. The molecule has 0 saturated carbocycles. The number of nitrogens with zero attached hydrogens (tertiary/aromatic N) is 3. The predicted molar refractivity (Wildman–Crippen MR) is 82.5 cm³/mol. The van der Waals surface area contributed by atoms with Crippen molar-refractivity contribution in [3.63, 3.8) is 0 Å². The number of nitrogens with one attached hydrogen (secondary N) is 1. The van der Waals surface area contributed by atoms with Crippen molar-refractivity contribution in [1.29, 1.82) is 0 Å². The van der Waals surface area contributed by atoms with Crippen LogP contribution in [-0.4, -0.2) is 34.4 Å². The zero-order valence-electron chi connectivity index (χ0n) is 12.3. The fourth-order valence-electron chi connectivity index (χ4n) is 2.74. The Balaban J connectivity index is 1.69. The summed E-state index contributed by atoms with van der Waals surface area (Å²) >= 11 is 0. The first-order valence-electron chi connectivity index (χ1n) is 7.53. The van der Waals surface area contributed by atoms with Crippen LogP contribution in [0.25, 0.3) is 22.4 Å². The molecule has 4 rings (SSSR count). The fraction of sp³-hybridized carbons (Fsp3) is 0.312. The summed E-state index contributed by atoms with van der Waals surface area (Å²) in [4.78, 5) is 8.39. The Morgan fingerprint density at radius 2 is 2.09 bits per heavy atom. The third-order valence-electron chi connectivity index (χ3n) is 3.91. The van der Waals surface area contributed by atoms with E-state index in [2.05, 4.69) is 20.4 Å². The fourth-order valence-corrected chi connectivity index (χ4v) is 2.74. The minimum Gasteiger partial charge on any atom is -0.376 e. The molecule has 0 amide bonds. The third-order valence-corrected chi connectivity index (χ3v) is 3.91. The maximum Gasteiger partial charge on any atom is 0.263 e. The zero-order valence-corrected chi connectivity index (χ0v) is 12.3. The molecule has 0 bridgehead atoms. The Bertz CT molecular complexity index is 813. The monoisotopic (exact) mass is 314 g/mol. The zero-order chi connectivity index (χ0) is 15.6. The standard InChI is InChI=1S/C16H15FN4O2/c17-11-5-3-10(4-6-11)14-13-15(18-8-12-2-1-7-22-12)19-9-20-16(13)23-21-14/h3-6,9,12H,1-2,7-8H2,(H,18,19,20). The van der Waals surface area contributed by atoms with Crippen molar-refractivity contribution in [2.45, 2.75) is 18.9 Å². The summed E-state index contributed by atoms with van der Waals surface area (Å²) in [7, 11) is 0. The van der Waals surface area contributed by atoms with Gasteiger partial charge >= 0.3 is 0 Å². The number of benzene rings is 1. The van der Waals surface area contributed by atoms with Gasteiger partial charge in [-0.1, -0.05) is 5.16 Å². The number of hydrogen-bond acceptors (Lipinski definition) is 6. The van der Waals surface area contributed by atoms with Crippen LogP contribution in [0.4, 0.5) is 10.2 Å². The van der Waals surface area contributed by atoms with Crippen LogP contribution in [0.15, 0.2) is 35.1 Å². The predicted octanol–water partition coefficient (Wildman–Crippen LogP) is 3.01. The Hall–Kier alpha value is -2.54. The summed E-state index contributed by atoms with van der Waals surface area (Å²) in [5.74, 6) is 0.348. The molecule has 0 aliphatic carbocycles. The summed E-state index contributed by atoms with van der Waals surface area (Å²) in [6.07, 6.45) is 3.74. The second-order valence-electron chi connectivity index (χ2n) is 5.46. The van der Waals surface area contributed by atoms with Crippen molar-refractivity contribution in [2.24, 2.45) is 0 Å². The molecule has 1 aliphatic heterocycles. The van der Waals surface area contributed by atoms with Crippen molar-refractivity contribution in [3.05, 3.63) is 36.4 Å². The molecule has 0 spiro atoms. The van der Waals surface area contributed by atoms with Gasteiger partial charge in [-0.3, -0.25) is 0 Å². The second-order valence-corrected chi connectivity index (χ2v) is 5.46. The van der Waals surface area contributed by atoms with Crippen LogP contribution in [0.5, 0.6) is 0 Å². The van der Waals surface area contributed by atoms with Crippen LogP contribution in [0.3, 0.4) is 0 Å². The lowest BCUT2D eigenvalue weighted by Gasteiger charge is -2.11. The van der Waals surface area contributed by atoms with Crippen molar-refractivity contribution < 1.29 is 13.7 Å². The highest BCUT2D eigenvalue weighted by Gasteiger charge is 2.19. The highest BCUT2D eigenvalue weighted by Crippen LogP contribution is 2.31. The highest BCUT2D eigenvalue weighted by molar-refractivity contribution is 5.97. The molecular weight excluding hydrogens is 299 g/mol. The van der Waals surface area contributed by atoms with Crippen LogP contribution < -0.4 is 5.32 Å².